The first-order chi connectivity index (χ1) is 8.29. The van der Waals surface area contributed by atoms with E-state index in [1.54, 1.807) is 19.1 Å². The van der Waals surface area contributed by atoms with Crippen molar-refractivity contribution in [2.24, 2.45) is 5.14 Å². The van der Waals surface area contributed by atoms with E-state index in [1.165, 1.54) is 11.0 Å². The molecule has 0 aromatic heterocycles. The van der Waals surface area contributed by atoms with E-state index in [2.05, 4.69) is 0 Å². The number of carbonyl (C=O) groups excluding carboxylic acids is 1. The number of nitrogens with two attached hydrogens (primary N) is 1. The fourth-order valence-corrected chi connectivity index (χ4v) is 2.63. The summed E-state index contributed by atoms with van der Waals surface area (Å²) >= 11 is 0. The minimum absolute atomic E-state index is 0.0276. The summed E-state index contributed by atoms with van der Waals surface area (Å²) in [4.78, 5) is 13.0. The van der Waals surface area contributed by atoms with Crippen molar-refractivity contribution in [3.63, 3.8) is 0 Å². The molecule has 0 radical (unpaired) electrons. The number of anilines is 1. The van der Waals surface area contributed by atoms with Crippen molar-refractivity contribution in [1.82, 2.24) is 0 Å². The van der Waals surface area contributed by atoms with E-state index in [-0.39, 0.29) is 18.9 Å². The molecule has 0 bridgehead atoms. The first-order valence-corrected chi connectivity index (χ1v) is 6.98. The molecule has 1 aliphatic heterocycles. The standard InChI is InChI=1S/C11H13FN2O3S/c1-7-2-3-8(4-10(7)12)14-6-9(5-11(14)15)18(13,16)17/h2-4,9H,5-6H2,1H3,(H2,13,16,17). The summed E-state index contributed by atoms with van der Waals surface area (Å²) in [6.45, 7) is 1.58. The van der Waals surface area contributed by atoms with Gasteiger partial charge in [-0.1, -0.05) is 6.07 Å². The van der Waals surface area contributed by atoms with E-state index in [4.69, 9.17) is 5.14 Å². The van der Waals surface area contributed by atoms with Gasteiger partial charge in [0.15, 0.2) is 0 Å². The van der Waals surface area contributed by atoms with Crippen molar-refractivity contribution in [2.45, 2.75) is 18.6 Å². The Morgan fingerprint density at radius 1 is 1.44 bits per heavy atom. The minimum atomic E-state index is -3.75. The van der Waals surface area contributed by atoms with Crippen LogP contribution in [-0.4, -0.2) is 26.1 Å². The number of hydrogen-bond acceptors (Lipinski definition) is 3. The van der Waals surface area contributed by atoms with Crippen molar-refractivity contribution in [3.05, 3.63) is 29.6 Å². The molecule has 2 rings (SSSR count). The molecule has 1 aromatic rings. The van der Waals surface area contributed by atoms with Crippen LogP contribution in [0.5, 0.6) is 0 Å². The van der Waals surface area contributed by atoms with E-state index in [1.807, 2.05) is 0 Å². The molecule has 2 N–H and O–H groups in total. The average molecular weight is 272 g/mol. The molecule has 1 aromatic carbocycles. The maximum Gasteiger partial charge on any atom is 0.228 e. The Hall–Kier alpha value is -1.47. The molecule has 7 heteroatoms. The van der Waals surface area contributed by atoms with Gasteiger partial charge in [-0.3, -0.25) is 4.79 Å². The lowest BCUT2D eigenvalue weighted by Gasteiger charge is -2.16. The molecule has 0 saturated carbocycles. The van der Waals surface area contributed by atoms with Crippen molar-refractivity contribution in [1.29, 1.82) is 0 Å². The van der Waals surface area contributed by atoms with Gasteiger partial charge in [-0.25, -0.2) is 17.9 Å². The van der Waals surface area contributed by atoms with Gasteiger partial charge in [0, 0.05) is 18.7 Å². The van der Waals surface area contributed by atoms with Crippen LogP contribution in [-0.2, 0) is 14.8 Å². The molecule has 1 fully saturated rings. The van der Waals surface area contributed by atoms with Crippen LogP contribution in [0.4, 0.5) is 10.1 Å². The number of amides is 1. The maximum absolute atomic E-state index is 13.4. The first kappa shape index (κ1) is 13.0. The second kappa shape index (κ2) is 4.33. The van der Waals surface area contributed by atoms with Gasteiger partial charge >= 0.3 is 0 Å². The second-order valence-corrected chi connectivity index (χ2v) is 6.20. The summed E-state index contributed by atoms with van der Waals surface area (Å²) in [5.74, 6) is -0.795. The molecule has 0 aliphatic carbocycles. The average Bonchev–Trinajstić information content (AvgIpc) is 2.64. The zero-order valence-corrected chi connectivity index (χ0v) is 10.6. The molecular weight excluding hydrogens is 259 g/mol. The molecule has 1 atom stereocenters. The van der Waals surface area contributed by atoms with Gasteiger partial charge in [0.25, 0.3) is 0 Å². The SMILES string of the molecule is Cc1ccc(N2CC(S(N)(=O)=O)CC2=O)cc1F. The second-order valence-electron chi connectivity index (χ2n) is 4.35. The summed E-state index contributed by atoms with van der Waals surface area (Å²) in [5.41, 5.74) is 0.822. The predicted molar refractivity (Wildman–Crippen MR) is 65.0 cm³/mol. The van der Waals surface area contributed by atoms with Gasteiger partial charge in [0.2, 0.25) is 15.9 Å². The van der Waals surface area contributed by atoms with Crippen LogP contribution < -0.4 is 10.0 Å². The van der Waals surface area contributed by atoms with E-state index < -0.39 is 21.1 Å². The highest BCUT2D eigenvalue weighted by Crippen LogP contribution is 2.25. The molecule has 1 unspecified atom stereocenters. The Bertz CT molecular complexity index is 600. The quantitative estimate of drug-likeness (QED) is 0.852. The highest BCUT2D eigenvalue weighted by Gasteiger charge is 2.37. The maximum atomic E-state index is 13.4. The fraction of sp³-hybridized carbons (Fsp3) is 0.364. The van der Waals surface area contributed by atoms with E-state index in [0.717, 1.165) is 0 Å². The monoisotopic (exact) mass is 272 g/mol. The molecular formula is C11H13FN2O3S. The van der Waals surface area contributed by atoms with Crippen molar-refractivity contribution in [3.8, 4) is 0 Å². The lowest BCUT2D eigenvalue weighted by molar-refractivity contribution is -0.117. The molecule has 1 saturated heterocycles. The van der Waals surface area contributed by atoms with Gasteiger partial charge in [-0.15, -0.1) is 0 Å². The number of carbonyl (C=O) groups is 1. The van der Waals surface area contributed by atoms with Gasteiger partial charge < -0.3 is 4.90 Å². The molecule has 1 aliphatic rings. The smallest absolute Gasteiger partial charge is 0.228 e. The minimum Gasteiger partial charge on any atom is -0.311 e. The Labute approximate surface area is 104 Å². The zero-order valence-electron chi connectivity index (χ0n) is 9.76. The number of benzene rings is 1. The normalized spacial score (nSPS) is 20.5. The number of nitrogens with zero attached hydrogens (tertiary/aromatic N) is 1. The Morgan fingerprint density at radius 2 is 2.11 bits per heavy atom. The van der Waals surface area contributed by atoms with Gasteiger partial charge in [-0.2, -0.15) is 0 Å². The van der Waals surface area contributed by atoms with Crippen LogP contribution in [0.1, 0.15) is 12.0 Å². The number of hydrogen-bond donors (Lipinski definition) is 1. The lowest BCUT2D eigenvalue weighted by Crippen LogP contribution is -2.32. The van der Waals surface area contributed by atoms with Crippen LogP contribution in [0.3, 0.4) is 0 Å². The Kier molecular flexibility index (Phi) is 3.12. The van der Waals surface area contributed by atoms with E-state index >= 15 is 0 Å². The highest BCUT2D eigenvalue weighted by molar-refractivity contribution is 7.89. The molecule has 0 spiro atoms. The largest absolute Gasteiger partial charge is 0.311 e. The van der Waals surface area contributed by atoms with Gasteiger partial charge in [0.1, 0.15) is 11.1 Å². The Morgan fingerprint density at radius 3 is 2.61 bits per heavy atom. The van der Waals surface area contributed by atoms with E-state index in [0.29, 0.717) is 11.3 Å². The third kappa shape index (κ3) is 2.37. The third-order valence-corrected chi connectivity index (χ3v) is 4.27. The summed E-state index contributed by atoms with van der Waals surface area (Å²) in [6, 6.07) is 4.35. The van der Waals surface area contributed by atoms with Crippen molar-refractivity contribution in [2.75, 3.05) is 11.4 Å². The van der Waals surface area contributed by atoms with Crippen LogP contribution in [0.2, 0.25) is 0 Å². The number of rotatable bonds is 2. The van der Waals surface area contributed by atoms with E-state index in [9.17, 15) is 17.6 Å². The zero-order chi connectivity index (χ0) is 13.5. The summed E-state index contributed by atoms with van der Waals surface area (Å²) in [6.07, 6.45) is -0.158. The molecule has 1 amide bonds. The highest BCUT2D eigenvalue weighted by atomic mass is 32.2. The third-order valence-electron chi connectivity index (χ3n) is 3.02. The Balaban J connectivity index is 2.30. The number of aryl methyl sites for hydroxylation is 1. The first-order valence-electron chi connectivity index (χ1n) is 5.37. The van der Waals surface area contributed by atoms with Crippen LogP contribution >= 0.6 is 0 Å². The van der Waals surface area contributed by atoms with Crippen LogP contribution in [0, 0.1) is 12.7 Å². The topological polar surface area (TPSA) is 80.5 Å². The van der Waals surface area contributed by atoms with Crippen molar-refractivity contribution >= 4 is 21.6 Å². The lowest BCUT2D eigenvalue weighted by atomic mass is 10.2. The van der Waals surface area contributed by atoms with Crippen LogP contribution in [0.15, 0.2) is 18.2 Å². The van der Waals surface area contributed by atoms with Crippen LogP contribution in [0.25, 0.3) is 0 Å². The number of primary sulfonamides is 1. The number of sulfonamides is 1. The molecule has 5 nitrogen and oxygen atoms in total. The predicted octanol–water partition coefficient (Wildman–Crippen LogP) is 0.528. The number of halogens is 1. The summed E-state index contributed by atoms with van der Waals surface area (Å²) < 4.78 is 35.8. The summed E-state index contributed by atoms with van der Waals surface area (Å²) in [5, 5.41) is 4.09. The summed E-state index contributed by atoms with van der Waals surface area (Å²) in [7, 11) is -3.75. The fourth-order valence-electron chi connectivity index (χ4n) is 1.89. The van der Waals surface area contributed by atoms with Crippen molar-refractivity contribution < 1.29 is 17.6 Å². The molecule has 98 valence electrons. The van der Waals surface area contributed by atoms with Gasteiger partial charge in [0.05, 0.1) is 0 Å². The van der Waals surface area contributed by atoms with Gasteiger partial charge in [-0.05, 0) is 24.6 Å². The molecule has 1 heterocycles. The molecule has 18 heavy (non-hydrogen) atoms.